The fourth-order valence-electron chi connectivity index (χ4n) is 3.99. The first-order valence-electron chi connectivity index (χ1n) is 10.6. The molecular weight excluding hydrogens is 516 g/mol. The number of hydrogen-bond acceptors (Lipinski definition) is 4. The van der Waals surface area contributed by atoms with Crippen molar-refractivity contribution in [1.29, 1.82) is 0 Å². The summed E-state index contributed by atoms with van der Waals surface area (Å²) < 4.78 is 34.5. The minimum absolute atomic E-state index is 0.0580. The molecular formula is C23H28BrClN2O4S. The van der Waals surface area contributed by atoms with Gasteiger partial charge >= 0.3 is 0 Å². The normalized spacial score (nSPS) is 16.0. The number of benzene rings is 2. The second-order valence-corrected chi connectivity index (χ2v) is 11.2. The van der Waals surface area contributed by atoms with Crippen LogP contribution in [0.3, 0.4) is 0 Å². The first-order valence-corrected chi connectivity index (χ1v) is 13.2. The third-order valence-corrected chi connectivity index (χ3v) is 8.48. The van der Waals surface area contributed by atoms with Crippen LogP contribution >= 0.6 is 27.5 Å². The van der Waals surface area contributed by atoms with E-state index in [1.807, 2.05) is 31.2 Å². The van der Waals surface area contributed by atoms with Gasteiger partial charge in [0.2, 0.25) is 15.9 Å². The lowest BCUT2D eigenvalue weighted by atomic mass is 9.95. The van der Waals surface area contributed by atoms with E-state index in [0.29, 0.717) is 5.75 Å². The highest BCUT2D eigenvalue weighted by molar-refractivity contribution is 9.10. The maximum atomic E-state index is 13.6. The summed E-state index contributed by atoms with van der Waals surface area (Å²) in [6.07, 6.45) is 4.43. The smallest absolute Gasteiger partial charge is 0.243 e. The maximum Gasteiger partial charge on any atom is 0.243 e. The lowest BCUT2D eigenvalue weighted by Gasteiger charge is -2.33. The van der Waals surface area contributed by atoms with Crippen molar-refractivity contribution in [1.82, 2.24) is 9.62 Å². The van der Waals surface area contributed by atoms with E-state index < -0.39 is 10.0 Å². The highest BCUT2D eigenvalue weighted by atomic mass is 79.9. The van der Waals surface area contributed by atoms with Crippen LogP contribution in [0.15, 0.2) is 51.8 Å². The van der Waals surface area contributed by atoms with Crippen molar-refractivity contribution < 1.29 is 17.9 Å². The van der Waals surface area contributed by atoms with Crippen LogP contribution in [0.4, 0.5) is 0 Å². The van der Waals surface area contributed by atoms with Gasteiger partial charge in [0.05, 0.1) is 29.6 Å². The van der Waals surface area contributed by atoms with Gasteiger partial charge in [-0.25, -0.2) is 8.42 Å². The maximum absolute atomic E-state index is 13.6. The molecule has 0 spiro atoms. The molecule has 0 bridgehead atoms. The summed E-state index contributed by atoms with van der Waals surface area (Å²) in [6, 6.07) is 11.6. The van der Waals surface area contributed by atoms with Gasteiger partial charge in [0, 0.05) is 10.5 Å². The summed E-state index contributed by atoms with van der Waals surface area (Å²) >= 11 is 9.59. The summed E-state index contributed by atoms with van der Waals surface area (Å²) in [6.45, 7) is 1.64. The molecule has 2 aromatic carbocycles. The Hall–Kier alpha value is -1.61. The Kier molecular flexibility index (Phi) is 8.61. The Morgan fingerprint density at radius 2 is 1.84 bits per heavy atom. The third-order valence-electron chi connectivity index (χ3n) is 5.76. The minimum Gasteiger partial charge on any atom is -0.495 e. The Morgan fingerprint density at radius 3 is 2.44 bits per heavy atom. The van der Waals surface area contributed by atoms with Crippen LogP contribution in [0.2, 0.25) is 5.02 Å². The summed E-state index contributed by atoms with van der Waals surface area (Å²) in [5, 5.41) is 3.15. The van der Waals surface area contributed by atoms with Crippen LogP contribution in [0.25, 0.3) is 0 Å². The number of nitrogens with zero attached hydrogens (tertiary/aromatic N) is 1. The number of amides is 1. The number of rotatable bonds is 8. The first kappa shape index (κ1) is 25.0. The fraction of sp³-hybridized carbons (Fsp3) is 0.435. The van der Waals surface area contributed by atoms with E-state index in [1.165, 1.54) is 29.6 Å². The molecule has 32 heavy (non-hydrogen) atoms. The summed E-state index contributed by atoms with van der Waals surface area (Å²) in [4.78, 5) is 13.0. The lowest BCUT2D eigenvalue weighted by molar-refractivity contribution is -0.122. The van der Waals surface area contributed by atoms with Crippen molar-refractivity contribution in [2.75, 3.05) is 13.7 Å². The van der Waals surface area contributed by atoms with Gasteiger partial charge in [-0.15, -0.1) is 0 Å². The molecule has 1 fully saturated rings. The number of halogens is 2. The van der Waals surface area contributed by atoms with Crippen molar-refractivity contribution in [3.8, 4) is 5.75 Å². The first-order chi connectivity index (χ1) is 15.2. The molecule has 0 radical (unpaired) electrons. The third kappa shape index (κ3) is 6.04. The van der Waals surface area contributed by atoms with Crippen LogP contribution in [0.5, 0.6) is 5.75 Å². The number of carbonyl (C=O) groups excluding carboxylic acids is 1. The van der Waals surface area contributed by atoms with Gasteiger partial charge in [-0.2, -0.15) is 4.31 Å². The minimum atomic E-state index is -3.92. The molecule has 0 aromatic heterocycles. The van der Waals surface area contributed by atoms with E-state index in [4.69, 9.17) is 16.3 Å². The predicted octanol–water partition coefficient (Wildman–Crippen LogP) is 5.31. The highest BCUT2D eigenvalue weighted by Gasteiger charge is 2.34. The summed E-state index contributed by atoms with van der Waals surface area (Å²) in [5.74, 6) is 0.0603. The van der Waals surface area contributed by atoms with E-state index >= 15 is 0 Å². The molecule has 1 atom stereocenters. The van der Waals surface area contributed by atoms with Gasteiger partial charge in [-0.1, -0.05) is 58.9 Å². The molecule has 2 aromatic rings. The molecule has 1 aliphatic carbocycles. The fourth-order valence-corrected chi connectivity index (χ4v) is 6.24. The van der Waals surface area contributed by atoms with E-state index in [2.05, 4.69) is 21.2 Å². The summed E-state index contributed by atoms with van der Waals surface area (Å²) in [5.41, 5.74) is 0.940. The van der Waals surface area contributed by atoms with Crippen LogP contribution in [-0.2, 0) is 14.8 Å². The lowest BCUT2D eigenvalue weighted by Crippen LogP contribution is -2.47. The number of ether oxygens (including phenoxy) is 1. The van der Waals surface area contributed by atoms with E-state index in [-0.39, 0.29) is 34.5 Å². The van der Waals surface area contributed by atoms with Crippen LogP contribution in [0.1, 0.15) is 50.6 Å². The van der Waals surface area contributed by atoms with Crippen molar-refractivity contribution >= 4 is 43.5 Å². The standard InChI is InChI=1S/C23H28BrClN2O4S/c1-16(17-8-10-18(24)11-9-17)26-23(28)15-27(19-6-4-3-5-7-19)32(29,30)20-12-13-22(31-2)21(25)14-20/h8-14,16,19H,3-7,15H2,1-2H3,(H,26,28)/t16-/m0/s1. The van der Waals surface area contributed by atoms with Crippen LogP contribution < -0.4 is 10.1 Å². The number of nitrogens with one attached hydrogen (secondary N) is 1. The second-order valence-electron chi connectivity index (χ2n) is 7.98. The molecule has 0 saturated heterocycles. The molecule has 3 rings (SSSR count). The zero-order valence-corrected chi connectivity index (χ0v) is 21.3. The number of methoxy groups -OCH3 is 1. The van der Waals surface area contributed by atoms with E-state index in [1.54, 1.807) is 0 Å². The van der Waals surface area contributed by atoms with Gasteiger partial charge in [0.25, 0.3) is 0 Å². The molecule has 1 saturated carbocycles. The zero-order chi connectivity index (χ0) is 23.3. The number of sulfonamides is 1. The molecule has 1 aliphatic rings. The van der Waals surface area contributed by atoms with E-state index in [9.17, 15) is 13.2 Å². The van der Waals surface area contributed by atoms with Crippen LogP contribution in [-0.4, -0.2) is 38.3 Å². The largest absolute Gasteiger partial charge is 0.495 e. The van der Waals surface area contributed by atoms with Gasteiger partial charge < -0.3 is 10.1 Å². The SMILES string of the molecule is COc1ccc(S(=O)(=O)N(CC(=O)N[C@@H](C)c2ccc(Br)cc2)C2CCCCC2)cc1Cl. The predicted molar refractivity (Wildman–Crippen MR) is 129 cm³/mol. The molecule has 0 unspecified atom stereocenters. The number of carbonyl (C=O) groups is 1. The second kappa shape index (κ2) is 11.0. The highest BCUT2D eigenvalue weighted by Crippen LogP contribution is 2.32. The Balaban J connectivity index is 1.83. The van der Waals surface area contributed by atoms with Crippen molar-refractivity contribution in [3.63, 3.8) is 0 Å². The molecule has 0 heterocycles. The van der Waals surface area contributed by atoms with Crippen LogP contribution in [0, 0.1) is 0 Å². The average molecular weight is 544 g/mol. The Bertz CT molecular complexity index is 1040. The van der Waals surface area contributed by atoms with Gasteiger partial charge in [-0.3, -0.25) is 4.79 Å². The molecule has 6 nitrogen and oxygen atoms in total. The molecule has 1 amide bonds. The van der Waals surface area contributed by atoms with Gasteiger partial charge in [-0.05, 0) is 55.7 Å². The van der Waals surface area contributed by atoms with E-state index in [0.717, 1.165) is 42.1 Å². The molecule has 174 valence electrons. The van der Waals surface area contributed by atoms with Crippen molar-refractivity contribution in [3.05, 3.63) is 57.5 Å². The number of hydrogen-bond donors (Lipinski definition) is 1. The topological polar surface area (TPSA) is 75.7 Å². The Labute approximate surface area is 203 Å². The quantitative estimate of drug-likeness (QED) is 0.489. The van der Waals surface area contributed by atoms with Gasteiger partial charge in [0.15, 0.2) is 0 Å². The van der Waals surface area contributed by atoms with Crippen molar-refractivity contribution in [2.45, 2.75) is 56.0 Å². The molecule has 0 aliphatic heterocycles. The average Bonchev–Trinajstić information content (AvgIpc) is 2.78. The molecule has 1 N–H and O–H groups in total. The Morgan fingerprint density at radius 1 is 1.19 bits per heavy atom. The van der Waals surface area contributed by atoms with Crippen molar-refractivity contribution in [2.24, 2.45) is 0 Å². The zero-order valence-electron chi connectivity index (χ0n) is 18.2. The van der Waals surface area contributed by atoms with Gasteiger partial charge in [0.1, 0.15) is 5.75 Å². The monoisotopic (exact) mass is 542 g/mol. The summed E-state index contributed by atoms with van der Waals surface area (Å²) in [7, 11) is -2.45. The molecule has 9 heteroatoms.